The molecule has 2 heterocycles. The maximum absolute atomic E-state index is 13.9. The van der Waals surface area contributed by atoms with Crippen LogP contribution in [0.25, 0.3) is 0 Å². The van der Waals surface area contributed by atoms with Gasteiger partial charge in [0.1, 0.15) is 17.2 Å². The van der Waals surface area contributed by atoms with Crippen LogP contribution in [0.4, 0.5) is 23.2 Å². The Morgan fingerprint density at radius 2 is 1.89 bits per heavy atom. The third kappa shape index (κ3) is 6.96. The van der Waals surface area contributed by atoms with E-state index in [1.807, 2.05) is 6.92 Å². The Kier molecular flexibility index (Phi) is 9.13. The molecular formula is C32H39F4N3O5. The molecule has 12 heteroatoms. The van der Waals surface area contributed by atoms with Crippen LogP contribution in [0.5, 0.6) is 5.75 Å². The highest BCUT2D eigenvalue weighted by molar-refractivity contribution is 5.89. The number of nitrogens with zero attached hydrogens (tertiary/aromatic N) is 2. The fourth-order valence-electron chi connectivity index (χ4n) is 6.46. The summed E-state index contributed by atoms with van der Waals surface area (Å²) in [5, 5.41) is 12.2. The second-order valence-corrected chi connectivity index (χ2v) is 12.4. The number of piperazine rings is 1. The maximum Gasteiger partial charge on any atom is 0.416 e. The molecule has 0 bridgehead atoms. The number of carbonyl (C=O) groups excluding carboxylic acids is 1. The van der Waals surface area contributed by atoms with Crippen LogP contribution in [-0.4, -0.2) is 71.9 Å². The number of ether oxygens (including phenoxy) is 2. The Labute approximate surface area is 254 Å². The zero-order chi connectivity index (χ0) is 31.8. The largest absolute Gasteiger partial charge is 0.491 e. The minimum atomic E-state index is -4.55. The van der Waals surface area contributed by atoms with Crippen LogP contribution in [0, 0.1) is 11.7 Å². The molecule has 2 aromatic rings. The van der Waals surface area contributed by atoms with Gasteiger partial charge in [0.2, 0.25) is 0 Å². The van der Waals surface area contributed by atoms with Gasteiger partial charge in [0.15, 0.2) is 0 Å². The van der Waals surface area contributed by atoms with Gasteiger partial charge in [-0.2, -0.15) is 13.2 Å². The van der Waals surface area contributed by atoms with Gasteiger partial charge in [-0.3, -0.25) is 9.69 Å². The lowest BCUT2D eigenvalue weighted by Gasteiger charge is -2.48. The number of nitrogens with one attached hydrogen (secondary N) is 1. The molecule has 240 valence electrons. The number of alkyl halides is 3. The Bertz CT molecular complexity index is 1370. The number of carboxylic acid groups (broad SMARTS) is 1. The molecule has 2 aliphatic heterocycles. The van der Waals surface area contributed by atoms with Gasteiger partial charge < -0.3 is 24.8 Å². The van der Waals surface area contributed by atoms with Gasteiger partial charge in [-0.15, -0.1) is 0 Å². The first kappa shape index (κ1) is 32.0. The molecule has 2 aromatic carbocycles. The minimum absolute atomic E-state index is 0.0336. The highest BCUT2D eigenvalue weighted by Crippen LogP contribution is 2.47. The first-order valence-corrected chi connectivity index (χ1v) is 15.1. The van der Waals surface area contributed by atoms with E-state index in [1.54, 1.807) is 19.9 Å². The van der Waals surface area contributed by atoms with Crippen molar-refractivity contribution >= 4 is 17.6 Å². The topological polar surface area (TPSA) is 91.3 Å². The van der Waals surface area contributed by atoms with Crippen molar-refractivity contribution in [3.63, 3.8) is 0 Å². The summed E-state index contributed by atoms with van der Waals surface area (Å²) in [5.41, 5.74) is -1.24. The molecule has 2 saturated heterocycles. The quantitative estimate of drug-likeness (QED) is 0.358. The number of halogens is 4. The number of hydrogen-bond donors (Lipinski definition) is 2. The highest BCUT2D eigenvalue weighted by Gasteiger charge is 2.54. The molecule has 0 spiro atoms. The van der Waals surface area contributed by atoms with E-state index in [2.05, 4.69) is 15.1 Å². The van der Waals surface area contributed by atoms with Gasteiger partial charge in [-0.1, -0.05) is 0 Å². The summed E-state index contributed by atoms with van der Waals surface area (Å²) in [6.45, 7) is 7.78. The molecule has 0 aromatic heterocycles. The number of benzene rings is 2. The van der Waals surface area contributed by atoms with E-state index in [0.29, 0.717) is 43.9 Å². The SMILES string of the molecule is CC(C)Oc1cc(CNC(=O)[C@@]2(C3CC3)CCC(N3CCN(c4ccc(F)c(C(=O)O)c4)[C@@H](C)C3)CO2)cc(C(F)(F)F)c1. The van der Waals surface area contributed by atoms with Gasteiger partial charge in [-0.25, -0.2) is 9.18 Å². The number of carbonyl (C=O) groups is 2. The number of aromatic carboxylic acids is 1. The average molecular weight is 622 g/mol. The first-order chi connectivity index (χ1) is 20.8. The van der Waals surface area contributed by atoms with Crippen LogP contribution in [0.3, 0.4) is 0 Å². The van der Waals surface area contributed by atoms with Crippen LogP contribution < -0.4 is 15.0 Å². The summed E-state index contributed by atoms with van der Waals surface area (Å²) in [5.74, 6) is -2.20. The molecular weight excluding hydrogens is 582 g/mol. The van der Waals surface area contributed by atoms with Crippen LogP contribution >= 0.6 is 0 Å². The van der Waals surface area contributed by atoms with Gasteiger partial charge in [0.05, 0.1) is 23.8 Å². The normalized spacial score (nSPS) is 24.8. The average Bonchev–Trinajstić information content (AvgIpc) is 3.81. The van der Waals surface area contributed by atoms with Crippen molar-refractivity contribution in [1.29, 1.82) is 0 Å². The van der Waals surface area contributed by atoms with Gasteiger partial charge in [0.25, 0.3) is 5.91 Å². The van der Waals surface area contributed by atoms with Crippen molar-refractivity contribution in [2.24, 2.45) is 5.92 Å². The van der Waals surface area contributed by atoms with Crippen molar-refractivity contribution in [3.05, 3.63) is 58.9 Å². The Morgan fingerprint density at radius 3 is 2.48 bits per heavy atom. The van der Waals surface area contributed by atoms with E-state index >= 15 is 0 Å². The Balaban J connectivity index is 1.20. The lowest BCUT2D eigenvalue weighted by molar-refractivity contribution is -0.165. The lowest BCUT2D eigenvalue weighted by Crippen LogP contribution is -2.60. The number of carboxylic acids is 1. The first-order valence-electron chi connectivity index (χ1n) is 15.1. The van der Waals surface area contributed by atoms with Gasteiger partial charge in [0, 0.05) is 44.0 Å². The summed E-state index contributed by atoms with van der Waals surface area (Å²) in [6, 6.07) is 7.78. The predicted octanol–water partition coefficient (Wildman–Crippen LogP) is 5.48. The molecule has 0 radical (unpaired) electrons. The van der Waals surface area contributed by atoms with E-state index < -0.39 is 29.1 Å². The molecule has 2 N–H and O–H groups in total. The second-order valence-electron chi connectivity index (χ2n) is 12.4. The second kappa shape index (κ2) is 12.5. The smallest absolute Gasteiger partial charge is 0.416 e. The van der Waals surface area contributed by atoms with Crippen LogP contribution in [0.2, 0.25) is 0 Å². The molecule has 3 fully saturated rings. The molecule has 1 unspecified atom stereocenters. The van der Waals surface area contributed by atoms with Gasteiger partial charge >= 0.3 is 12.1 Å². The van der Waals surface area contributed by atoms with E-state index in [4.69, 9.17) is 9.47 Å². The zero-order valence-corrected chi connectivity index (χ0v) is 25.1. The Hall–Kier alpha value is -3.38. The van der Waals surface area contributed by atoms with Crippen molar-refractivity contribution in [2.45, 2.75) is 83.0 Å². The number of rotatable bonds is 9. The van der Waals surface area contributed by atoms with Crippen molar-refractivity contribution in [2.75, 3.05) is 31.1 Å². The minimum Gasteiger partial charge on any atom is -0.491 e. The summed E-state index contributed by atoms with van der Waals surface area (Å²) >= 11 is 0. The summed E-state index contributed by atoms with van der Waals surface area (Å²) in [4.78, 5) is 29.4. The molecule has 8 nitrogen and oxygen atoms in total. The Morgan fingerprint density at radius 1 is 1.14 bits per heavy atom. The summed E-state index contributed by atoms with van der Waals surface area (Å²) in [6.07, 6.45) is -1.89. The number of hydrogen-bond acceptors (Lipinski definition) is 6. The van der Waals surface area contributed by atoms with Crippen LogP contribution in [0.1, 0.15) is 67.9 Å². The third-order valence-corrected chi connectivity index (χ3v) is 8.81. The lowest BCUT2D eigenvalue weighted by atomic mass is 9.85. The highest BCUT2D eigenvalue weighted by atomic mass is 19.4. The summed E-state index contributed by atoms with van der Waals surface area (Å²) < 4.78 is 66.4. The molecule has 5 rings (SSSR count). The standard InChI is InChI=1S/C32H39F4N3O5/c1-19(2)44-26-13-21(12-23(14-26)32(34,35)36)16-37-30(42)31(22-4-5-22)9-8-25(18-43-31)38-10-11-39(20(3)17-38)24-6-7-28(33)27(15-24)29(40)41/h6-7,12-15,19-20,22,25H,4-5,8-11,16-18H2,1-3H3,(H,37,42)(H,40,41)/t20-,25?,31-/m0/s1. The predicted molar refractivity (Wildman–Crippen MR) is 155 cm³/mol. The molecule has 1 aliphatic carbocycles. The fraction of sp³-hybridized carbons (Fsp3) is 0.562. The molecule has 3 atom stereocenters. The molecule has 1 saturated carbocycles. The van der Waals surface area contributed by atoms with Crippen molar-refractivity contribution < 1.29 is 41.7 Å². The van der Waals surface area contributed by atoms with Crippen molar-refractivity contribution in [1.82, 2.24) is 10.2 Å². The fourth-order valence-corrected chi connectivity index (χ4v) is 6.46. The molecule has 3 aliphatic rings. The number of anilines is 1. The van der Waals surface area contributed by atoms with E-state index in [-0.39, 0.29) is 47.9 Å². The summed E-state index contributed by atoms with van der Waals surface area (Å²) in [7, 11) is 0. The molecule has 44 heavy (non-hydrogen) atoms. The van der Waals surface area contributed by atoms with E-state index in [1.165, 1.54) is 18.2 Å². The number of amides is 1. The van der Waals surface area contributed by atoms with Gasteiger partial charge in [-0.05, 0) is 94.3 Å². The monoisotopic (exact) mass is 621 g/mol. The third-order valence-electron chi connectivity index (χ3n) is 8.81. The van der Waals surface area contributed by atoms with Crippen LogP contribution in [-0.2, 0) is 22.3 Å². The van der Waals surface area contributed by atoms with Crippen molar-refractivity contribution in [3.8, 4) is 5.75 Å². The molecule has 1 amide bonds. The van der Waals surface area contributed by atoms with Crippen LogP contribution in [0.15, 0.2) is 36.4 Å². The maximum atomic E-state index is 13.9. The van der Waals surface area contributed by atoms with E-state index in [0.717, 1.165) is 31.4 Å². The zero-order valence-electron chi connectivity index (χ0n) is 25.1. The van der Waals surface area contributed by atoms with E-state index in [9.17, 15) is 32.3 Å².